The normalized spacial score (nSPS) is 45.7. The molecule has 0 aromatic carbocycles. The molecule has 114 valence electrons. The van der Waals surface area contributed by atoms with Crippen LogP contribution in [0.1, 0.15) is 64.7 Å². The van der Waals surface area contributed by atoms with Crippen molar-refractivity contribution < 1.29 is 9.59 Å². The second-order valence-electron chi connectivity index (χ2n) is 7.82. The van der Waals surface area contributed by atoms with Gasteiger partial charge in [0.05, 0.1) is 0 Å². The maximum atomic E-state index is 12.5. The van der Waals surface area contributed by atoms with Crippen molar-refractivity contribution in [2.75, 3.05) is 0 Å². The molecule has 2 heteroatoms. The lowest BCUT2D eigenvalue weighted by Crippen LogP contribution is -2.47. The molecule has 0 unspecified atom stereocenters. The molecule has 4 aliphatic rings. The van der Waals surface area contributed by atoms with Crippen LogP contribution >= 0.6 is 0 Å². The van der Waals surface area contributed by atoms with Crippen LogP contribution in [-0.2, 0) is 9.59 Å². The molecule has 0 heterocycles. The highest BCUT2D eigenvalue weighted by Crippen LogP contribution is 2.61. The number of hydrogen-bond acceptors (Lipinski definition) is 2. The van der Waals surface area contributed by atoms with Gasteiger partial charge in [0.2, 0.25) is 0 Å². The van der Waals surface area contributed by atoms with E-state index in [9.17, 15) is 9.59 Å². The molecule has 0 radical (unpaired) electrons. The van der Waals surface area contributed by atoms with Gasteiger partial charge in [-0.25, -0.2) is 0 Å². The molecule has 3 saturated carbocycles. The summed E-state index contributed by atoms with van der Waals surface area (Å²) < 4.78 is 0. The molecule has 3 fully saturated rings. The number of Topliss-reactive ketones (excluding diaryl/α,β-unsaturated/α-hetero) is 2. The van der Waals surface area contributed by atoms with Crippen LogP contribution in [0.3, 0.4) is 0 Å². The second-order valence-corrected chi connectivity index (χ2v) is 7.82. The molecule has 0 aromatic rings. The van der Waals surface area contributed by atoms with Gasteiger partial charge in [0.15, 0.2) is 0 Å². The van der Waals surface area contributed by atoms with Gasteiger partial charge in [0.1, 0.15) is 11.6 Å². The zero-order valence-corrected chi connectivity index (χ0v) is 13.1. The molecule has 4 rings (SSSR count). The van der Waals surface area contributed by atoms with Crippen molar-refractivity contribution >= 4 is 11.6 Å². The molecule has 0 aromatic heterocycles. The van der Waals surface area contributed by atoms with E-state index in [-0.39, 0.29) is 5.41 Å². The van der Waals surface area contributed by atoms with Gasteiger partial charge in [0.25, 0.3) is 0 Å². The van der Waals surface area contributed by atoms with Gasteiger partial charge in [-0.2, -0.15) is 0 Å². The van der Waals surface area contributed by atoms with Crippen molar-refractivity contribution in [3.8, 4) is 0 Å². The van der Waals surface area contributed by atoms with Crippen LogP contribution in [0.2, 0.25) is 0 Å². The predicted molar refractivity (Wildman–Crippen MR) is 81.7 cm³/mol. The average Bonchev–Trinajstić information content (AvgIpc) is 2.84. The lowest BCUT2D eigenvalue weighted by molar-refractivity contribution is -0.132. The monoisotopic (exact) mass is 286 g/mol. The third-order valence-corrected chi connectivity index (χ3v) is 7.35. The van der Waals surface area contributed by atoms with Crippen LogP contribution < -0.4 is 0 Å². The van der Waals surface area contributed by atoms with Gasteiger partial charge >= 0.3 is 0 Å². The number of hydrogen-bond donors (Lipinski definition) is 0. The highest BCUT2D eigenvalue weighted by Gasteiger charge is 2.57. The summed E-state index contributed by atoms with van der Waals surface area (Å²) in [6, 6.07) is 0. The molecule has 0 bridgehead atoms. The summed E-state index contributed by atoms with van der Waals surface area (Å²) in [5.41, 5.74) is 1.47. The molecule has 2 nitrogen and oxygen atoms in total. The summed E-state index contributed by atoms with van der Waals surface area (Å²) in [6.45, 7) is 2.22. The summed E-state index contributed by atoms with van der Waals surface area (Å²) in [7, 11) is 0. The first-order valence-corrected chi connectivity index (χ1v) is 8.89. The fourth-order valence-corrected chi connectivity index (χ4v) is 6.33. The van der Waals surface area contributed by atoms with Crippen molar-refractivity contribution in [3.63, 3.8) is 0 Å². The Morgan fingerprint density at radius 2 is 2.00 bits per heavy atom. The molecular formula is C19H26O2. The van der Waals surface area contributed by atoms with Gasteiger partial charge in [-0.15, -0.1) is 0 Å². The summed E-state index contributed by atoms with van der Waals surface area (Å²) in [4.78, 5) is 24.2. The zero-order valence-electron chi connectivity index (χ0n) is 13.1. The van der Waals surface area contributed by atoms with E-state index in [0.29, 0.717) is 29.3 Å². The Balaban J connectivity index is 1.66. The molecular weight excluding hydrogens is 260 g/mol. The van der Waals surface area contributed by atoms with E-state index < -0.39 is 0 Å². The standard InChI is InChI=1S/C19H26O2/c1-2-19-10-9-15-14-6-4-13(20)11-12(14)3-5-16(15)17(19)7-8-18(19)21/h3,14-17H,2,4-11H2,1H3/t14-,15+,16+,17-,19-/m0/s1. The second kappa shape index (κ2) is 4.79. The van der Waals surface area contributed by atoms with Crippen molar-refractivity contribution in [2.45, 2.75) is 64.7 Å². The maximum Gasteiger partial charge on any atom is 0.139 e. The van der Waals surface area contributed by atoms with Crippen LogP contribution in [0.15, 0.2) is 11.6 Å². The van der Waals surface area contributed by atoms with E-state index in [0.717, 1.165) is 57.3 Å². The summed E-state index contributed by atoms with van der Waals surface area (Å²) in [5, 5.41) is 0. The first-order chi connectivity index (χ1) is 10.2. The molecule has 0 saturated heterocycles. The number of ketones is 2. The Kier molecular flexibility index (Phi) is 3.13. The molecule has 0 spiro atoms. The Labute approximate surface area is 127 Å². The molecule has 0 amide bonds. The smallest absolute Gasteiger partial charge is 0.139 e. The third kappa shape index (κ3) is 1.83. The fourth-order valence-electron chi connectivity index (χ4n) is 6.33. The highest BCUT2D eigenvalue weighted by molar-refractivity contribution is 5.87. The first-order valence-electron chi connectivity index (χ1n) is 8.89. The van der Waals surface area contributed by atoms with Crippen molar-refractivity contribution in [1.82, 2.24) is 0 Å². The van der Waals surface area contributed by atoms with Crippen molar-refractivity contribution in [2.24, 2.45) is 29.1 Å². The van der Waals surface area contributed by atoms with Crippen LogP contribution in [0.4, 0.5) is 0 Å². The molecule has 0 aliphatic heterocycles. The van der Waals surface area contributed by atoms with Gasteiger partial charge in [-0.3, -0.25) is 9.59 Å². The maximum absolute atomic E-state index is 12.5. The Hall–Kier alpha value is -0.920. The predicted octanol–water partition coefficient (Wildman–Crippen LogP) is 4.09. The Bertz CT molecular complexity index is 518. The minimum Gasteiger partial charge on any atom is -0.299 e. The topological polar surface area (TPSA) is 34.1 Å². The number of fused-ring (bicyclic) bond motifs is 5. The van der Waals surface area contributed by atoms with Crippen LogP contribution in [0.25, 0.3) is 0 Å². The number of carbonyl (C=O) groups excluding carboxylic acids is 2. The van der Waals surface area contributed by atoms with Crippen LogP contribution in [0.5, 0.6) is 0 Å². The fraction of sp³-hybridized carbons (Fsp3) is 0.789. The number of allylic oxidation sites excluding steroid dienone is 2. The largest absolute Gasteiger partial charge is 0.299 e. The average molecular weight is 286 g/mol. The SMILES string of the molecule is CC[C@]12CC[C@H]3[C@@H](CC=C4CC(=O)CC[C@@H]43)[C@@H]1CCC2=O. The molecule has 5 atom stereocenters. The van der Waals surface area contributed by atoms with Crippen LogP contribution in [0, 0.1) is 29.1 Å². The van der Waals surface area contributed by atoms with Gasteiger partial charge < -0.3 is 0 Å². The van der Waals surface area contributed by atoms with E-state index in [2.05, 4.69) is 13.0 Å². The van der Waals surface area contributed by atoms with E-state index in [1.54, 1.807) is 0 Å². The van der Waals surface area contributed by atoms with Crippen LogP contribution in [-0.4, -0.2) is 11.6 Å². The minimum absolute atomic E-state index is 0.0248. The van der Waals surface area contributed by atoms with E-state index in [4.69, 9.17) is 0 Å². The van der Waals surface area contributed by atoms with Crippen molar-refractivity contribution in [3.05, 3.63) is 11.6 Å². The van der Waals surface area contributed by atoms with Gasteiger partial charge in [-0.05, 0) is 62.2 Å². The van der Waals surface area contributed by atoms with Gasteiger partial charge in [-0.1, -0.05) is 18.6 Å². The van der Waals surface area contributed by atoms with E-state index >= 15 is 0 Å². The molecule has 21 heavy (non-hydrogen) atoms. The quantitative estimate of drug-likeness (QED) is 0.680. The lowest BCUT2D eigenvalue weighted by Gasteiger charge is -2.52. The van der Waals surface area contributed by atoms with E-state index in [1.165, 1.54) is 12.0 Å². The van der Waals surface area contributed by atoms with Crippen molar-refractivity contribution in [1.29, 1.82) is 0 Å². The third-order valence-electron chi connectivity index (χ3n) is 7.35. The summed E-state index contributed by atoms with van der Waals surface area (Å²) in [5.74, 6) is 3.75. The molecule has 4 aliphatic carbocycles. The number of rotatable bonds is 1. The zero-order chi connectivity index (χ0) is 14.6. The Morgan fingerprint density at radius 3 is 2.81 bits per heavy atom. The summed E-state index contributed by atoms with van der Waals surface area (Å²) >= 11 is 0. The molecule has 0 N–H and O–H groups in total. The Morgan fingerprint density at radius 1 is 1.14 bits per heavy atom. The lowest BCUT2D eigenvalue weighted by atomic mass is 9.52. The highest BCUT2D eigenvalue weighted by atomic mass is 16.1. The minimum atomic E-state index is 0.0248. The summed E-state index contributed by atoms with van der Waals surface area (Å²) in [6.07, 6.45) is 11.4. The van der Waals surface area contributed by atoms with Gasteiger partial charge in [0, 0.05) is 24.7 Å². The first kappa shape index (κ1) is 13.7. The number of carbonyl (C=O) groups is 2. The van der Waals surface area contributed by atoms with E-state index in [1.807, 2.05) is 0 Å².